The Kier molecular flexibility index (Phi) is 4.09. The molecule has 1 N–H and O–H groups in total. The maximum Gasteiger partial charge on any atom is 0.270 e. The topological polar surface area (TPSA) is 108 Å². The van der Waals surface area contributed by atoms with Gasteiger partial charge in [0.2, 0.25) is 5.95 Å². The molecule has 0 aliphatic rings. The second-order valence-electron chi connectivity index (χ2n) is 5.65. The first-order valence-corrected chi connectivity index (χ1v) is 8.01. The van der Waals surface area contributed by atoms with Crippen LogP contribution in [-0.2, 0) is 0 Å². The minimum absolute atomic E-state index is 0.0200. The van der Waals surface area contributed by atoms with Gasteiger partial charge in [0.15, 0.2) is 5.82 Å². The zero-order chi connectivity index (χ0) is 18.8. The van der Waals surface area contributed by atoms with Crippen LogP contribution in [0.5, 0.6) is 5.75 Å². The summed E-state index contributed by atoms with van der Waals surface area (Å²) in [6.45, 7) is 0. The number of anilines is 2. The molecule has 134 valence electrons. The summed E-state index contributed by atoms with van der Waals surface area (Å²) in [4.78, 5) is 19.2. The maximum absolute atomic E-state index is 10.9. The van der Waals surface area contributed by atoms with Crippen molar-refractivity contribution in [3.05, 3.63) is 71.0 Å². The molecule has 2 aromatic carbocycles. The summed E-state index contributed by atoms with van der Waals surface area (Å²) in [6.07, 6.45) is 3.19. The van der Waals surface area contributed by atoms with Crippen LogP contribution in [0.3, 0.4) is 0 Å². The van der Waals surface area contributed by atoms with E-state index in [9.17, 15) is 10.1 Å². The highest BCUT2D eigenvalue weighted by atomic mass is 16.6. The maximum atomic E-state index is 10.9. The van der Waals surface area contributed by atoms with Crippen LogP contribution >= 0.6 is 0 Å². The molecule has 2 heterocycles. The summed E-state index contributed by atoms with van der Waals surface area (Å²) < 4.78 is 6.75. The van der Waals surface area contributed by atoms with Gasteiger partial charge >= 0.3 is 0 Å². The van der Waals surface area contributed by atoms with Crippen LogP contribution in [0.15, 0.2) is 60.9 Å². The highest BCUT2D eigenvalue weighted by molar-refractivity contribution is 5.82. The molecule has 0 atom stereocenters. The molecular weight excluding hydrogens is 348 g/mol. The number of non-ortho nitro benzene ring substituents is 1. The Morgan fingerprint density at radius 3 is 2.70 bits per heavy atom. The van der Waals surface area contributed by atoms with Gasteiger partial charge in [-0.2, -0.15) is 10.1 Å². The summed E-state index contributed by atoms with van der Waals surface area (Å²) in [6, 6.07) is 13.7. The van der Waals surface area contributed by atoms with Crippen molar-refractivity contribution in [2.75, 3.05) is 12.4 Å². The van der Waals surface area contributed by atoms with Crippen LogP contribution in [-0.4, -0.2) is 31.8 Å². The molecule has 0 spiro atoms. The molecule has 0 saturated carbocycles. The summed E-state index contributed by atoms with van der Waals surface area (Å²) in [7, 11) is 1.61. The highest BCUT2D eigenvalue weighted by Crippen LogP contribution is 2.23. The Balaban J connectivity index is 1.65. The smallest absolute Gasteiger partial charge is 0.270 e. The Morgan fingerprint density at radius 1 is 1.15 bits per heavy atom. The van der Waals surface area contributed by atoms with E-state index in [1.54, 1.807) is 36.3 Å². The van der Waals surface area contributed by atoms with Crippen molar-refractivity contribution in [1.82, 2.24) is 19.7 Å². The molecule has 4 aromatic rings. The van der Waals surface area contributed by atoms with Crippen LogP contribution in [0.2, 0.25) is 0 Å². The molecule has 0 radical (unpaired) electrons. The number of hydrogen-bond donors (Lipinski definition) is 1. The Morgan fingerprint density at radius 2 is 1.96 bits per heavy atom. The second kappa shape index (κ2) is 6.71. The van der Waals surface area contributed by atoms with E-state index in [1.807, 2.05) is 24.3 Å². The van der Waals surface area contributed by atoms with Gasteiger partial charge in [-0.1, -0.05) is 0 Å². The molecule has 9 nitrogen and oxygen atoms in total. The Hall–Kier alpha value is -4.01. The van der Waals surface area contributed by atoms with Gasteiger partial charge in [0.1, 0.15) is 5.75 Å². The van der Waals surface area contributed by atoms with Crippen molar-refractivity contribution in [2.24, 2.45) is 0 Å². The lowest BCUT2D eigenvalue weighted by Gasteiger charge is -2.08. The minimum atomic E-state index is -0.432. The number of methoxy groups -OCH3 is 1. The number of nitrogens with one attached hydrogen (secondary N) is 1. The zero-order valence-corrected chi connectivity index (χ0v) is 14.2. The van der Waals surface area contributed by atoms with Crippen molar-refractivity contribution < 1.29 is 9.66 Å². The molecule has 0 amide bonds. The summed E-state index contributed by atoms with van der Waals surface area (Å²) >= 11 is 0. The van der Waals surface area contributed by atoms with Gasteiger partial charge in [-0.15, -0.1) is 0 Å². The van der Waals surface area contributed by atoms with Gasteiger partial charge in [0.25, 0.3) is 5.69 Å². The molecule has 0 aliphatic heterocycles. The van der Waals surface area contributed by atoms with E-state index in [0.29, 0.717) is 17.2 Å². The van der Waals surface area contributed by atoms with E-state index in [-0.39, 0.29) is 5.69 Å². The standard InChI is InChI=1S/C18H14N6O3/c1-27-15-5-2-13(3-6-15)21-18-19-9-8-17(22-18)23-16-7-4-14(24(25)26)10-12(16)11-20-23/h2-11H,1H3,(H,19,21,22). The fourth-order valence-corrected chi connectivity index (χ4v) is 2.65. The van der Waals surface area contributed by atoms with Crippen molar-refractivity contribution in [1.29, 1.82) is 0 Å². The first kappa shape index (κ1) is 16.5. The molecular formula is C18H14N6O3. The van der Waals surface area contributed by atoms with E-state index in [4.69, 9.17) is 4.74 Å². The fraction of sp³-hybridized carbons (Fsp3) is 0.0556. The van der Waals surface area contributed by atoms with Crippen LogP contribution in [0.1, 0.15) is 0 Å². The first-order valence-electron chi connectivity index (χ1n) is 8.01. The lowest BCUT2D eigenvalue weighted by Crippen LogP contribution is -2.03. The third-order valence-electron chi connectivity index (χ3n) is 3.97. The normalized spacial score (nSPS) is 10.7. The van der Waals surface area contributed by atoms with Gasteiger partial charge < -0.3 is 10.1 Å². The summed E-state index contributed by atoms with van der Waals surface area (Å²) in [5.74, 6) is 1.71. The van der Waals surface area contributed by atoms with Gasteiger partial charge in [-0.3, -0.25) is 10.1 Å². The molecule has 27 heavy (non-hydrogen) atoms. The lowest BCUT2D eigenvalue weighted by molar-refractivity contribution is -0.384. The number of hydrogen-bond acceptors (Lipinski definition) is 7. The second-order valence-corrected chi connectivity index (χ2v) is 5.65. The Bertz CT molecular complexity index is 1120. The molecule has 4 rings (SSSR count). The molecule has 0 saturated heterocycles. The van der Waals surface area contributed by atoms with E-state index in [1.165, 1.54) is 12.1 Å². The molecule has 0 bridgehead atoms. The molecule has 0 fully saturated rings. The van der Waals surface area contributed by atoms with Crippen molar-refractivity contribution in [3.63, 3.8) is 0 Å². The van der Waals surface area contributed by atoms with Crippen LogP contribution in [0.25, 0.3) is 16.7 Å². The number of ether oxygens (including phenoxy) is 1. The number of rotatable bonds is 5. The summed E-state index contributed by atoms with van der Waals surface area (Å²) in [5.41, 5.74) is 1.55. The van der Waals surface area contributed by atoms with E-state index in [0.717, 1.165) is 17.0 Å². The zero-order valence-electron chi connectivity index (χ0n) is 14.2. The molecule has 0 aliphatic carbocycles. The molecule has 0 unspecified atom stereocenters. The van der Waals surface area contributed by atoms with E-state index in [2.05, 4.69) is 20.4 Å². The van der Waals surface area contributed by atoms with E-state index >= 15 is 0 Å². The SMILES string of the molecule is COc1ccc(Nc2nccc(-n3ncc4cc([N+](=O)[O-])ccc43)n2)cc1. The van der Waals surface area contributed by atoms with Crippen LogP contribution < -0.4 is 10.1 Å². The third-order valence-corrected chi connectivity index (χ3v) is 3.97. The fourth-order valence-electron chi connectivity index (χ4n) is 2.65. The minimum Gasteiger partial charge on any atom is -0.497 e. The summed E-state index contributed by atoms with van der Waals surface area (Å²) in [5, 5.41) is 19.0. The number of nitro benzene ring substituents is 1. The predicted octanol–water partition coefficient (Wildman–Crippen LogP) is 3.48. The number of nitro groups is 1. The number of nitrogens with zero attached hydrogens (tertiary/aromatic N) is 5. The Labute approximate surface area is 153 Å². The molecule has 2 aromatic heterocycles. The van der Waals surface area contributed by atoms with E-state index < -0.39 is 4.92 Å². The van der Waals surface area contributed by atoms with Crippen molar-refractivity contribution in [3.8, 4) is 11.6 Å². The van der Waals surface area contributed by atoms with Gasteiger partial charge in [-0.05, 0) is 30.3 Å². The van der Waals surface area contributed by atoms with Crippen molar-refractivity contribution >= 4 is 28.2 Å². The van der Waals surface area contributed by atoms with Crippen LogP contribution in [0.4, 0.5) is 17.3 Å². The average molecular weight is 362 g/mol. The number of aromatic nitrogens is 4. The highest BCUT2D eigenvalue weighted by Gasteiger charge is 2.12. The van der Waals surface area contributed by atoms with Crippen molar-refractivity contribution in [2.45, 2.75) is 0 Å². The molecule has 9 heteroatoms. The van der Waals surface area contributed by atoms with Crippen LogP contribution in [0, 0.1) is 10.1 Å². The third kappa shape index (κ3) is 3.25. The van der Waals surface area contributed by atoms with Gasteiger partial charge in [-0.25, -0.2) is 9.67 Å². The van der Waals surface area contributed by atoms with Gasteiger partial charge in [0, 0.05) is 35.5 Å². The largest absolute Gasteiger partial charge is 0.497 e. The lowest BCUT2D eigenvalue weighted by atomic mass is 10.2. The predicted molar refractivity (Wildman–Crippen MR) is 99.6 cm³/mol. The number of benzene rings is 2. The van der Waals surface area contributed by atoms with Gasteiger partial charge in [0.05, 0.1) is 23.7 Å². The average Bonchev–Trinajstić information content (AvgIpc) is 3.12. The quantitative estimate of drug-likeness (QED) is 0.428. The monoisotopic (exact) mass is 362 g/mol. The first-order chi connectivity index (χ1) is 13.1. The number of fused-ring (bicyclic) bond motifs is 1.